The Hall–Kier alpha value is -13.2. The summed E-state index contributed by atoms with van der Waals surface area (Å²) in [5, 5.41) is 30.1. The van der Waals surface area contributed by atoms with Crippen LogP contribution in [0.4, 0.5) is 0 Å². The number of hydrogen-bond donors (Lipinski definition) is 2. The molecule has 0 aliphatic rings. The molecular weight excluding hydrogens is 1340 g/mol. The molecule has 0 saturated carbocycles. The molecule has 0 aliphatic heterocycles. The van der Waals surface area contributed by atoms with Gasteiger partial charge in [-0.3, -0.25) is 19.9 Å². The summed E-state index contributed by atoms with van der Waals surface area (Å²) in [6, 6.07) is 112. The first-order valence-electron chi connectivity index (χ1n) is 34.3. The number of rotatable bonds is 10. The summed E-state index contributed by atoms with van der Waals surface area (Å²) in [5.74, 6) is 0. The number of halogens is 1. The molecule has 10 heterocycles. The van der Waals surface area contributed by atoms with Crippen molar-refractivity contribution in [3.8, 4) is 79.4 Å². The van der Waals surface area contributed by atoms with Crippen LogP contribution in [-0.2, 0) is 0 Å². The molecule has 14 heteroatoms. The zero-order chi connectivity index (χ0) is 69.6. The lowest BCUT2D eigenvalue weighted by Crippen LogP contribution is -2.30. The topological polar surface area (TPSA) is 138 Å². The Kier molecular flexibility index (Phi) is 16.4. The lowest BCUT2D eigenvalue weighted by molar-refractivity contribution is 0.425. The van der Waals surface area contributed by atoms with Gasteiger partial charge in [-0.25, -0.2) is 9.97 Å². The van der Waals surface area contributed by atoms with Gasteiger partial charge in [0.15, 0.2) is 0 Å². The first-order valence-corrected chi connectivity index (χ1v) is 35.1. The first-order chi connectivity index (χ1) is 51.3. The summed E-state index contributed by atoms with van der Waals surface area (Å²) in [5.41, 5.74) is 22.0. The summed E-state index contributed by atoms with van der Waals surface area (Å²) in [6.45, 7) is 0. The quantitative estimate of drug-likeness (QED) is 0.129. The van der Waals surface area contributed by atoms with Gasteiger partial charge in [0.25, 0.3) is 0 Å². The van der Waals surface area contributed by atoms with Crippen molar-refractivity contribution < 1.29 is 10.0 Å². The fourth-order valence-electron chi connectivity index (χ4n) is 14.6. The third-order valence-electron chi connectivity index (χ3n) is 19.1. The highest BCUT2D eigenvalue weighted by Gasteiger charge is 2.23. The molecule has 0 amide bonds. The highest BCUT2D eigenvalue weighted by molar-refractivity contribution is 9.10. The van der Waals surface area contributed by atoms with Gasteiger partial charge in [-0.2, -0.15) is 0 Å². The van der Waals surface area contributed by atoms with E-state index >= 15 is 0 Å². The number of pyridine rings is 6. The smallest absolute Gasteiger partial charge is 0.423 e. The average molecular weight is 1400 g/mol. The van der Waals surface area contributed by atoms with Crippen molar-refractivity contribution in [3.63, 3.8) is 0 Å². The normalized spacial score (nSPS) is 11.4. The molecular formula is C90H60BBrN10O2. The van der Waals surface area contributed by atoms with E-state index in [4.69, 9.17) is 4.98 Å². The van der Waals surface area contributed by atoms with E-state index < -0.39 is 7.12 Å². The van der Waals surface area contributed by atoms with Gasteiger partial charge in [0, 0.05) is 95.1 Å². The number of nitrogens with zero attached hydrogens (tertiary/aromatic N) is 10. The van der Waals surface area contributed by atoms with Gasteiger partial charge >= 0.3 is 7.12 Å². The Balaban J connectivity index is 0.000000123. The Labute approximate surface area is 606 Å². The second kappa shape index (κ2) is 27.0. The number of benzene rings is 10. The molecule has 0 spiro atoms. The van der Waals surface area contributed by atoms with Gasteiger partial charge < -0.3 is 28.3 Å². The van der Waals surface area contributed by atoms with Crippen molar-refractivity contribution in [1.82, 2.24) is 48.2 Å². The minimum atomic E-state index is -1.59. The van der Waals surface area contributed by atoms with Gasteiger partial charge in [0.05, 0.1) is 89.7 Å². The molecule has 0 saturated heterocycles. The van der Waals surface area contributed by atoms with Crippen LogP contribution in [0.2, 0.25) is 0 Å². The molecule has 0 bridgehead atoms. The maximum atomic E-state index is 10.3. The van der Waals surface area contributed by atoms with Crippen LogP contribution in [0.25, 0.3) is 167 Å². The van der Waals surface area contributed by atoms with E-state index in [1.54, 1.807) is 12.4 Å². The number of hydrogen-bond acceptors (Lipinski definition) is 8. The summed E-state index contributed by atoms with van der Waals surface area (Å²) in [4.78, 5) is 27.7. The van der Waals surface area contributed by atoms with E-state index in [0.29, 0.717) is 5.46 Å². The standard InChI is InChI=1S/C45H29N5.C30H21BN2O2.C15H10BrN3/c1-5-19-42-34(13-1)35-14-2-6-20-43(35)49(42)32-25-30(26-33(29-32)50-44-21-7-3-15-36(44)37-16-4-8-22-45(37)50)31-27-40(38-17-9-11-23-46-38)48-41(28-31)39-18-10-12-24-47-39;34-31(35)20-17-21(32-27-13-5-1-9-23(27)24-10-2-6-14-28(24)32)19-22(18-20)33-29-15-7-3-11-25(29)26-12-4-8-16-30(26)33;16-11-9-14(12-5-1-3-7-17-12)19-15(10-11)13-6-2-4-8-18-13/h1-29H;1-19,34-35H;1-10H. The van der Waals surface area contributed by atoms with Crippen LogP contribution in [0, 0.1) is 0 Å². The molecule has 20 aromatic rings. The van der Waals surface area contributed by atoms with Crippen molar-refractivity contribution >= 4 is 116 Å². The van der Waals surface area contributed by atoms with Crippen molar-refractivity contribution in [2.75, 3.05) is 0 Å². The molecule has 0 fully saturated rings. The maximum absolute atomic E-state index is 10.3. The van der Waals surface area contributed by atoms with Crippen LogP contribution in [0.1, 0.15) is 0 Å². The minimum Gasteiger partial charge on any atom is -0.423 e. The molecule has 104 heavy (non-hydrogen) atoms. The molecule has 492 valence electrons. The van der Waals surface area contributed by atoms with Crippen molar-refractivity contribution in [1.29, 1.82) is 0 Å². The average Bonchev–Trinajstić information content (AvgIpc) is 1.55. The van der Waals surface area contributed by atoms with E-state index in [1.165, 1.54) is 21.5 Å². The van der Waals surface area contributed by atoms with Crippen molar-refractivity contribution in [2.45, 2.75) is 0 Å². The summed E-state index contributed by atoms with van der Waals surface area (Å²) in [7, 11) is -1.59. The van der Waals surface area contributed by atoms with Gasteiger partial charge in [-0.15, -0.1) is 0 Å². The molecule has 20 rings (SSSR count). The molecule has 10 aromatic heterocycles. The van der Waals surface area contributed by atoms with E-state index in [0.717, 1.165) is 150 Å². The summed E-state index contributed by atoms with van der Waals surface area (Å²) >= 11 is 3.51. The lowest BCUT2D eigenvalue weighted by atomic mass is 9.80. The molecule has 0 radical (unpaired) electrons. The molecule has 10 aromatic carbocycles. The van der Waals surface area contributed by atoms with Gasteiger partial charge in [-0.05, 0) is 174 Å². The van der Waals surface area contributed by atoms with Gasteiger partial charge in [0.1, 0.15) is 0 Å². The SMILES string of the molecule is Brc1cc(-c2ccccn2)nc(-c2ccccn2)c1.OB(O)c1cc(-n2c3ccccc3c3ccccc32)cc(-n2c3ccccc3c3ccccc32)c1.c1ccc(-c2cc(-c3cc(-n4c5ccccc5c5ccccc54)cc(-n4c5ccccc5c5ccccc54)c3)cc(-c3ccccn3)n2)nc1. The van der Waals surface area contributed by atoms with Crippen LogP contribution in [0.3, 0.4) is 0 Å². The predicted octanol–water partition coefficient (Wildman–Crippen LogP) is 20.6. The molecule has 12 nitrogen and oxygen atoms in total. The second-order valence-corrected chi connectivity index (χ2v) is 26.3. The van der Waals surface area contributed by atoms with Crippen molar-refractivity contribution in [2.24, 2.45) is 0 Å². The minimum absolute atomic E-state index is 0.446. The summed E-state index contributed by atoms with van der Waals surface area (Å²) < 4.78 is 10.2. The van der Waals surface area contributed by atoms with Crippen LogP contribution in [0.5, 0.6) is 0 Å². The number of aromatic nitrogens is 10. The Morgan fingerprint density at radius 3 is 0.692 bits per heavy atom. The summed E-state index contributed by atoms with van der Waals surface area (Å²) in [6.07, 6.45) is 7.15. The van der Waals surface area contributed by atoms with E-state index in [-0.39, 0.29) is 0 Å². The van der Waals surface area contributed by atoms with Crippen LogP contribution < -0.4 is 5.46 Å². The Bertz CT molecular complexity index is 6030. The van der Waals surface area contributed by atoms with Gasteiger partial charge in [0.2, 0.25) is 0 Å². The van der Waals surface area contributed by atoms with E-state index in [2.05, 4.69) is 265 Å². The fourth-order valence-corrected chi connectivity index (χ4v) is 15.1. The van der Waals surface area contributed by atoms with E-state index in [9.17, 15) is 10.0 Å². The zero-order valence-corrected chi connectivity index (χ0v) is 57.4. The highest BCUT2D eigenvalue weighted by Crippen LogP contribution is 2.41. The highest BCUT2D eigenvalue weighted by atomic mass is 79.9. The second-order valence-electron chi connectivity index (χ2n) is 25.4. The zero-order valence-electron chi connectivity index (χ0n) is 55.8. The molecule has 0 unspecified atom stereocenters. The van der Waals surface area contributed by atoms with E-state index in [1.807, 2.05) is 134 Å². The molecule has 0 atom stereocenters. The van der Waals surface area contributed by atoms with Crippen LogP contribution in [0.15, 0.2) is 357 Å². The largest absolute Gasteiger partial charge is 0.488 e. The third kappa shape index (κ3) is 11.6. The lowest BCUT2D eigenvalue weighted by Gasteiger charge is -2.17. The van der Waals surface area contributed by atoms with Crippen molar-refractivity contribution in [3.05, 3.63) is 357 Å². The first kappa shape index (κ1) is 63.0. The maximum Gasteiger partial charge on any atom is 0.488 e. The predicted molar refractivity (Wildman–Crippen MR) is 428 cm³/mol. The number of para-hydroxylation sites is 8. The van der Waals surface area contributed by atoms with Crippen LogP contribution in [-0.4, -0.2) is 65.3 Å². The van der Waals surface area contributed by atoms with Crippen LogP contribution >= 0.6 is 15.9 Å². The Morgan fingerprint density at radius 2 is 0.452 bits per heavy atom. The third-order valence-corrected chi connectivity index (χ3v) is 19.6. The monoisotopic (exact) mass is 1400 g/mol. The molecule has 2 N–H and O–H groups in total. The fraction of sp³-hybridized carbons (Fsp3) is 0. The Morgan fingerprint density at radius 1 is 0.231 bits per heavy atom. The molecule has 0 aliphatic carbocycles. The van der Waals surface area contributed by atoms with Gasteiger partial charge in [-0.1, -0.05) is 186 Å². The number of fused-ring (bicyclic) bond motifs is 12.